The van der Waals surface area contributed by atoms with E-state index in [-0.39, 0.29) is 0 Å². The lowest BCUT2D eigenvalue weighted by atomic mass is 11.7. The SMILES string of the molecule is O=C[O-].[NH3+]O. The molecule has 0 bridgehead atoms. The minimum atomic E-state index is -0.500. The maximum atomic E-state index is 8.25. The molecule has 32 valence electrons. The molecule has 0 aromatic rings. The molecule has 0 fully saturated rings. The van der Waals surface area contributed by atoms with Gasteiger partial charge in [0.15, 0.2) is 0 Å². The van der Waals surface area contributed by atoms with Crippen molar-refractivity contribution in [3.05, 3.63) is 0 Å². The van der Waals surface area contributed by atoms with Crippen LogP contribution in [0.2, 0.25) is 0 Å². The smallest absolute Gasteiger partial charge is 0.0275 e. The van der Waals surface area contributed by atoms with E-state index >= 15 is 0 Å². The summed E-state index contributed by atoms with van der Waals surface area (Å²) < 4.78 is 0. The molecule has 0 radical (unpaired) electrons. The monoisotopic (exact) mass is 79.0 g/mol. The molecule has 0 aliphatic rings. The van der Waals surface area contributed by atoms with Crippen LogP contribution in [0.15, 0.2) is 0 Å². The molecule has 5 heavy (non-hydrogen) atoms. The molecule has 0 aromatic heterocycles. The van der Waals surface area contributed by atoms with Crippen LogP contribution in [-0.4, -0.2) is 11.7 Å². The summed E-state index contributed by atoms with van der Waals surface area (Å²) in [5.74, 6) is 2.25. The fourth-order valence-electron chi connectivity index (χ4n) is 0. The number of quaternary nitrogens is 1. The third kappa shape index (κ3) is 17.6. The van der Waals surface area contributed by atoms with Gasteiger partial charge in [0.05, 0.1) is 0 Å². The molecule has 0 heterocycles. The number of rotatable bonds is 0. The molecule has 0 rings (SSSR count). The van der Waals surface area contributed by atoms with Gasteiger partial charge in [0.25, 0.3) is 0 Å². The molecule has 4 heteroatoms. The number of carboxylic acid groups (broad SMARTS) is 1. The molecule has 0 spiro atoms. The van der Waals surface area contributed by atoms with Gasteiger partial charge in [-0.2, -0.15) is 0 Å². The molecule has 0 aliphatic carbocycles. The van der Waals surface area contributed by atoms with Crippen LogP contribution in [0, 0.1) is 0 Å². The van der Waals surface area contributed by atoms with Crippen LogP contribution in [0.4, 0.5) is 0 Å². The average molecular weight is 79.1 g/mol. The van der Waals surface area contributed by atoms with Crippen LogP contribution in [0.1, 0.15) is 0 Å². The van der Waals surface area contributed by atoms with E-state index in [9.17, 15) is 0 Å². The highest BCUT2D eigenvalue weighted by molar-refractivity contribution is 5.29. The van der Waals surface area contributed by atoms with Gasteiger partial charge < -0.3 is 9.90 Å². The number of carbonyl (C=O) groups excluding carboxylic acids is 1. The summed E-state index contributed by atoms with van der Waals surface area (Å²) >= 11 is 0. The first-order chi connectivity index (χ1) is 2.41. The van der Waals surface area contributed by atoms with Crippen molar-refractivity contribution in [3.63, 3.8) is 0 Å². The van der Waals surface area contributed by atoms with Crippen LogP contribution in [-0.2, 0) is 4.79 Å². The van der Waals surface area contributed by atoms with Crippen molar-refractivity contribution in [2.75, 3.05) is 0 Å². The lowest BCUT2D eigenvalue weighted by molar-refractivity contribution is -0.670. The summed E-state index contributed by atoms with van der Waals surface area (Å²) in [7, 11) is 0. The summed E-state index contributed by atoms with van der Waals surface area (Å²) in [5.41, 5.74) is 0. The zero-order valence-electron chi connectivity index (χ0n) is 2.55. The molecular weight excluding hydrogens is 74.0 g/mol. The Balaban J connectivity index is 0. The Hall–Kier alpha value is -0.610. The second-order valence-corrected chi connectivity index (χ2v) is 0.0962. The van der Waals surface area contributed by atoms with E-state index in [0.29, 0.717) is 0 Å². The van der Waals surface area contributed by atoms with Crippen molar-refractivity contribution >= 4 is 6.47 Å². The lowest BCUT2D eigenvalue weighted by Gasteiger charge is -1.52. The molecular formula is CH5NO3. The minimum absolute atomic E-state index is 0.500. The van der Waals surface area contributed by atoms with Gasteiger partial charge in [0.1, 0.15) is 0 Å². The Morgan fingerprint density at radius 1 is 1.80 bits per heavy atom. The predicted octanol–water partition coefficient (Wildman–Crippen LogP) is -3.02. The Morgan fingerprint density at radius 2 is 1.80 bits per heavy atom. The van der Waals surface area contributed by atoms with Crippen LogP contribution in [0.3, 0.4) is 0 Å². The summed E-state index contributed by atoms with van der Waals surface area (Å²) in [6, 6.07) is 0. The van der Waals surface area contributed by atoms with Gasteiger partial charge in [-0.15, -0.1) is 0 Å². The Bertz CT molecular complexity index is 14.4. The fraction of sp³-hybridized carbons (Fsp3) is 0. The Kier molecular flexibility index (Phi) is 225. The molecule has 0 atom stereocenters. The Labute approximate surface area is 28.8 Å². The Morgan fingerprint density at radius 3 is 1.80 bits per heavy atom. The highest BCUT2D eigenvalue weighted by Crippen LogP contribution is 0.754. The summed E-state index contributed by atoms with van der Waals surface area (Å²) in [5, 5.41) is 15.0. The van der Waals surface area contributed by atoms with Crippen molar-refractivity contribution in [2.24, 2.45) is 0 Å². The molecule has 0 aromatic carbocycles. The third-order valence-corrected chi connectivity index (χ3v) is 0. The maximum absolute atomic E-state index is 8.25. The largest absolute Gasteiger partial charge is 0.554 e. The van der Waals surface area contributed by atoms with Crippen molar-refractivity contribution in [1.29, 1.82) is 0 Å². The molecule has 0 saturated heterocycles. The predicted molar refractivity (Wildman–Crippen MR) is 10.7 cm³/mol. The first-order valence-electron chi connectivity index (χ1n) is 0.788. The first-order valence-corrected chi connectivity index (χ1v) is 0.788. The van der Waals surface area contributed by atoms with E-state index < -0.39 is 6.47 Å². The van der Waals surface area contributed by atoms with Crippen molar-refractivity contribution < 1.29 is 21.0 Å². The standard InChI is InChI=1S/CH2O2.H4NO/c2-1-3;1-2/h1H,(H,2,3);2H,1H3/q;+1/p-1. The lowest BCUT2D eigenvalue weighted by Crippen LogP contribution is -2.42. The summed E-state index contributed by atoms with van der Waals surface area (Å²) in [6.07, 6.45) is 0. The van der Waals surface area contributed by atoms with Crippen LogP contribution in [0.25, 0.3) is 0 Å². The molecule has 4 nitrogen and oxygen atoms in total. The zero-order valence-corrected chi connectivity index (χ0v) is 2.55. The van der Waals surface area contributed by atoms with E-state index in [1.165, 1.54) is 0 Å². The first kappa shape index (κ1) is 8.83. The number of carbonyl (C=O) groups is 1. The average Bonchev–Trinajstić information content (AvgIpc) is 1.46. The second-order valence-electron chi connectivity index (χ2n) is 0.0962. The van der Waals surface area contributed by atoms with Gasteiger partial charge in [0, 0.05) is 6.47 Å². The summed E-state index contributed by atoms with van der Waals surface area (Å²) in [6.45, 7) is -0.500. The maximum Gasteiger partial charge on any atom is 0.0275 e. The van der Waals surface area contributed by atoms with Crippen molar-refractivity contribution in [3.8, 4) is 0 Å². The van der Waals surface area contributed by atoms with E-state index in [0.717, 1.165) is 0 Å². The van der Waals surface area contributed by atoms with Crippen LogP contribution < -0.4 is 11.0 Å². The normalized spacial score (nSPS) is 3.60. The van der Waals surface area contributed by atoms with E-state index in [4.69, 9.17) is 15.1 Å². The van der Waals surface area contributed by atoms with E-state index in [1.807, 2.05) is 0 Å². The van der Waals surface area contributed by atoms with E-state index in [1.54, 1.807) is 0 Å². The van der Waals surface area contributed by atoms with Crippen LogP contribution >= 0.6 is 0 Å². The summed E-state index contributed by atoms with van der Waals surface area (Å²) in [4.78, 5) is 8.25. The molecule has 0 aliphatic heterocycles. The fourth-order valence-corrected chi connectivity index (χ4v) is 0. The molecule has 0 saturated carbocycles. The minimum Gasteiger partial charge on any atom is -0.554 e. The molecule has 4 N–H and O–H groups in total. The van der Waals surface area contributed by atoms with Gasteiger partial charge >= 0.3 is 0 Å². The highest BCUT2D eigenvalue weighted by Gasteiger charge is 0.996. The van der Waals surface area contributed by atoms with Gasteiger partial charge in [0.2, 0.25) is 0 Å². The quantitative estimate of drug-likeness (QED) is 0.239. The number of hydrogen-bond acceptors (Lipinski definition) is 3. The third-order valence-electron chi connectivity index (χ3n) is 0. The van der Waals surface area contributed by atoms with Crippen LogP contribution in [0.5, 0.6) is 0 Å². The highest BCUT2D eigenvalue weighted by atomic mass is 16.4. The van der Waals surface area contributed by atoms with Crippen molar-refractivity contribution in [1.82, 2.24) is 0 Å². The second kappa shape index (κ2) is 127. The topological polar surface area (TPSA) is 88.0 Å². The van der Waals surface area contributed by atoms with Gasteiger partial charge in [-0.1, -0.05) is 0 Å². The number of hydrogen-bond donors (Lipinski definition) is 2. The van der Waals surface area contributed by atoms with Crippen molar-refractivity contribution in [2.45, 2.75) is 0 Å². The van der Waals surface area contributed by atoms with Gasteiger partial charge in [-0.25, -0.2) is 11.1 Å². The van der Waals surface area contributed by atoms with Gasteiger partial charge in [-0.3, -0.25) is 0 Å². The molecule has 0 amide bonds. The molecule has 0 unspecified atom stereocenters. The zero-order chi connectivity index (χ0) is 4.71. The van der Waals surface area contributed by atoms with Gasteiger partial charge in [-0.05, 0) is 0 Å². The van der Waals surface area contributed by atoms with E-state index in [2.05, 4.69) is 5.90 Å².